The molecule has 22 radical (unpaired) electrons. The highest BCUT2D eigenvalue weighted by atomic mass is 16.3. The van der Waals surface area contributed by atoms with Crippen LogP contribution in [0.5, 0.6) is 0 Å². The topological polar surface area (TPSA) is 51.8 Å². The zero-order valence-corrected chi connectivity index (χ0v) is 26.4. The summed E-state index contributed by atoms with van der Waals surface area (Å²) in [5, 5.41) is 1.85. The first-order chi connectivity index (χ1) is 23.9. The lowest BCUT2D eigenvalue weighted by molar-refractivity contribution is 0.675. The quantitative estimate of drug-likeness (QED) is 0.151. The number of fused-ring (bicyclic) bond motifs is 6. The Balaban J connectivity index is 1.57. The molecule has 0 bridgehead atoms. The molecule has 0 aliphatic heterocycles. The van der Waals surface area contributed by atoms with E-state index in [1.54, 1.807) is 0 Å². The molecule has 0 amide bonds. The van der Waals surface area contributed by atoms with Crippen molar-refractivity contribution in [3.8, 4) is 34.2 Å². The van der Waals surface area contributed by atoms with Crippen LogP contribution in [-0.2, 0) is 0 Å². The van der Waals surface area contributed by atoms with Crippen molar-refractivity contribution in [3.63, 3.8) is 0 Å². The molecule has 8 aromatic rings. The Labute approximate surface area is 302 Å². The van der Waals surface area contributed by atoms with Crippen LogP contribution < -0.4 is 60.1 Å². The second-order valence-electron chi connectivity index (χ2n) is 12.0. The molecular formula is C35H10B11N3O. The standard InChI is InChI=1S/C35H10B11N3O/c36-20-16-14(26(42)31-17(20)18-24(40)28(44)29(45)30(46)32(18)50-31)13-15(21(37)23(16)39)19(25(41)27(43)22(13)38)35-48-33(11-7-3-1-4-8-11)47-34(49-35)12-9-5-2-6-10-12/h1-10H. The summed E-state index contributed by atoms with van der Waals surface area (Å²) in [5.74, 6) is 0.928. The predicted octanol–water partition coefficient (Wildman–Crippen LogP) is -4.19. The van der Waals surface area contributed by atoms with Gasteiger partial charge in [-0.15, -0.1) is 16.4 Å². The van der Waals surface area contributed by atoms with E-state index in [0.717, 1.165) is 11.1 Å². The highest BCUT2D eigenvalue weighted by Crippen LogP contribution is 2.32. The molecule has 0 N–H and O–H groups in total. The first-order valence-electron chi connectivity index (χ1n) is 15.2. The molecule has 8 rings (SSSR count). The summed E-state index contributed by atoms with van der Waals surface area (Å²) in [6, 6.07) is 18.9. The van der Waals surface area contributed by atoms with Gasteiger partial charge in [0.15, 0.2) is 17.5 Å². The summed E-state index contributed by atoms with van der Waals surface area (Å²) < 4.78 is 6.23. The molecule has 6 aromatic carbocycles. The average Bonchev–Trinajstić information content (AvgIpc) is 3.55. The fourth-order valence-corrected chi connectivity index (χ4v) is 6.68. The van der Waals surface area contributed by atoms with Crippen molar-refractivity contribution in [2.24, 2.45) is 0 Å². The van der Waals surface area contributed by atoms with Gasteiger partial charge in [0.05, 0.1) is 0 Å². The van der Waals surface area contributed by atoms with Crippen LogP contribution in [0.25, 0.3) is 77.6 Å². The third-order valence-electron chi connectivity index (χ3n) is 9.22. The summed E-state index contributed by atoms with van der Waals surface area (Å²) in [5.41, 5.74) is 2.94. The van der Waals surface area contributed by atoms with E-state index in [-0.39, 0.29) is 88.0 Å². The zero-order valence-electron chi connectivity index (χ0n) is 26.4. The van der Waals surface area contributed by atoms with Crippen LogP contribution in [0.4, 0.5) is 0 Å². The monoisotopic (exact) mass is 609 g/mol. The highest BCUT2D eigenvalue weighted by Gasteiger charge is 2.26. The third-order valence-corrected chi connectivity index (χ3v) is 9.22. The van der Waals surface area contributed by atoms with Gasteiger partial charge in [-0.2, -0.15) is 0 Å². The molecule has 2 heterocycles. The molecule has 50 heavy (non-hydrogen) atoms. The number of hydrogen-bond donors (Lipinski definition) is 0. The molecule has 0 spiro atoms. The van der Waals surface area contributed by atoms with Crippen LogP contribution >= 0.6 is 0 Å². The van der Waals surface area contributed by atoms with Crippen LogP contribution in [0.3, 0.4) is 0 Å². The normalized spacial score (nSPS) is 11.7. The minimum absolute atomic E-state index is 0.0395. The molecule has 204 valence electrons. The van der Waals surface area contributed by atoms with Gasteiger partial charge in [-0.05, 0) is 27.0 Å². The summed E-state index contributed by atoms with van der Waals surface area (Å²) in [4.78, 5) is 14.5. The van der Waals surface area contributed by atoms with E-state index in [1.165, 1.54) is 0 Å². The second-order valence-corrected chi connectivity index (χ2v) is 12.0. The first kappa shape index (κ1) is 32.6. The number of hydrogen-bond acceptors (Lipinski definition) is 4. The molecular weight excluding hydrogens is 597 g/mol. The van der Waals surface area contributed by atoms with Crippen molar-refractivity contribution in [2.45, 2.75) is 0 Å². The molecule has 4 nitrogen and oxygen atoms in total. The second kappa shape index (κ2) is 11.7. The SMILES string of the molecule is [B]c1c([B])c([B])c2c(oc3c([B])c4c(c([B])c([B])c5c(-c6nc(-c7ccccc7)nc(-c7ccccc7)n6)c([B])c([B])c([B])c54)c([B])c32)c1[B]. The Morgan fingerprint density at radius 2 is 0.720 bits per heavy atom. The lowest BCUT2D eigenvalue weighted by Crippen LogP contribution is -2.47. The van der Waals surface area contributed by atoms with Gasteiger partial charge in [-0.25, -0.2) is 15.0 Å². The van der Waals surface area contributed by atoms with E-state index in [0.29, 0.717) is 38.6 Å². The molecule has 0 saturated heterocycles. The van der Waals surface area contributed by atoms with Gasteiger partial charge in [0.1, 0.15) is 97.5 Å². The average molecular weight is 607 g/mol. The number of nitrogens with zero attached hydrogens (tertiary/aromatic N) is 3. The molecule has 2 aromatic heterocycles. The maximum Gasteiger partial charge on any atom is 0.164 e. The maximum absolute atomic E-state index is 6.94. The Bertz CT molecular complexity index is 2710. The highest BCUT2D eigenvalue weighted by molar-refractivity contribution is 6.72. The van der Waals surface area contributed by atoms with Gasteiger partial charge < -0.3 is 4.42 Å². The number of aromatic nitrogens is 3. The maximum atomic E-state index is 6.94. The molecule has 15 heteroatoms. The van der Waals surface area contributed by atoms with Gasteiger partial charge in [0.25, 0.3) is 0 Å². The Hall–Kier alpha value is -4.64. The van der Waals surface area contributed by atoms with E-state index in [4.69, 9.17) is 106 Å². The zero-order chi connectivity index (χ0) is 35.3. The Morgan fingerprint density at radius 3 is 1.30 bits per heavy atom. The van der Waals surface area contributed by atoms with E-state index in [9.17, 15) is 0 Å². The van der Waals surface area contributed by atoms with Crippen LogP contribution in [0.15, 0.2) is 65.1 Å². The Morgan fingerprint density at radius 1 is 0.320 bits per heavy atom. The van der Waals surface area contributed by atoms with Gasteiger partial charge in [0, 0.05) is 27.5 Å². The Kier molecular flexibility index (Phi) is 7.63. The number of rotatable bonds is 3. The minimum atomic E-state index is 0.0395. The smallest absolute Gasteiger partial charge is 0.164 e. The summed E-state index contributed by atoms with van der Waals surface area (Å²) >= 11 is 0. The van der Waals surface area contributed by atoms with Crippen LogP contribution in [-0.4, -0.2) is 101 Å². The molecule has 0 aliphatic rings. The van der Waals surface area contributed by atoms with Crippen molar-refractivity contribution in [3.05, 3.63) is 60.7 Å². The lowest BCUT2D eigenvalue weighted by atomic mass is 9.61. The fourth-order valence-electron chi connectivity index (χ4n) is 6.68. The van der Waals surface area contributed by atoms with Gasteiger partial charge in [-0.3, -0.25) is 0 Å². The van der Waals surface area contributed by atoms with Crippen molar-refractivity contribution < 1.29 is 4.42 Å². The van der Waals surface area contributed by atoms with Crippen molar-refractivity contribution in [2.75, 3.05) is 0 Å². The summed E-state index contributed by atoms with van der Waals surface area (Å²) in [7, 11) is 72.9. The van der Waals surface area contributed by atoms with Crippen molar-refractivity contribution >= 4 is 190 Å². The van der Waals surface area contributed by atoms with Gasteiger partial charge >= 0.3 is 0 Å². The van der Waals surface area contributed by atoms with Crippen LogP contribution in [0, 0.1) is 0 Å². The van der Waals surface area contributed by atoms with E-state index in [1.807, 2.05) is 60.7 Å². The van der Waals surface area contributed by atoms with E-state index in [2.05, 4.69) is 0 Å². The molecule has 0 saturated carbocycles. The summed E-state index contributed by atoms with van der Waals surface area (Å²) in [6.45, 7) is 0. The molecule has 0 fully saturated rings. The van der Waals surface area contributed by atoms with Gasteiger partial charge in [-0.1, -0.05) is 98.9 Å². The summed E-state index contributed by atoms with van der Waals surface area (Å²) in [6.07, 6.45) is 0. The van der Waals surface area contributed by atoms with Crippen molar-refractivity contribution in [1.29, 1.82) is 0 Å². The first-order valence-corrected chi connectivity index (χ1v) is 15.2. The number of benzene rings is 6. The molecule has 0 unspecified atom stereocenters. The van der Waals surface area contributed by atoms with E-state index < -0.39 is 0 Å². The lowest BCUT2D eigenvalue weighted by Gasteiger charge is -2.25. The molecule has 0 atom stereocenters. The van der Waals surface area contributed by atoms with Crippen LogP contribution in [0.1, 0.15) is 0 Å². The number of furan rings is 1. The molecule has 0 aliphatic carbocycles. The van der Waals surface area contributed by atoms with Gasteiger partial charge in [0.2, 0.25) is 0 Å². The predicted molar refractivity (Wildman–Crippen MR) is 218 cm³/mol. The third kappa shape index (κ3) is 4.51. The van der Waals surface area contributed by atoms with E-state index >= 15 is 0 Å². The fraction of sp³-hybridized carbons (Fsp3) is 0. The minimum Gasteiger partial charge on any atom is -0.457 e. The largest absolute Gasteiger partial charge is 0.457 e. The van der Waals surface area contributed by atoms with Crippen molar-refractivity contribution in [1.82, 2.24) is 15.0 Å². The van der Waals surface area contributed by atoms with Crippen LogP contribution in [0.2, 0.25) is 0 Å².